The van der Waals surface area contributed by atoms with E-state index in [4.69, 9.17) is 23.2 Å². The van der Waals surface area contributed by atoms with Crippen molar-refractivity contribution < 1.29 is 4.79 Å². The van der Waals surface area contributed by atoms with Crippen LogP contribution >= 0.6 is 23.2 Å². The van der Waals surface area contributed by atoms with Crippen molar-refractivity contribution in [1.82, 2.24) is 4.57 Å². The average molecular weight is 438 g/mol. The van der Waals surface area contributed by atoms with E-state index < -0.39 is 5.91 Å². The number of hydrogen-bond acceptors (Lipinski definition) is 2. The Labute approximate surface area is 186 Å². The van der Waals surface area contributed by atoms with Crippen molar-refractivity contribution in [3.05, 3.63) is 86.2 Å². The van der Waals surface area contributed by atoms with Gasteiger partial charge in [0, 0.05) is 22.1 Å². The molecule has 2 aromatic carbocycles. The quantitative estimate of drug-likeness (QED) is 0.370. The number of aromatic nitrogens is 1. The molecule has 0 saturated carbocycles. The van der Waals surface area contributed by atoms with Crippen LogP contribution in [0.1, 0.15) is 28.1 Å². The molecule has 0 spiro atoms. The van der Waals surface area contributed by atoms with Gasteiger partial charge in [0.1, 0.15) is 11.6 Å². The highest BCUT2D eigenvalue weighted by atomic mass is 35.5. The molecular formula is C24H21Cl2N3O. The van der Waals surface area contributed by atoms with Crippen LogP contribution in [0.15, 0.2) is 48.0 Å². The number of nitriles is 1. The Kier molecular flexibility index (Phi) is 6.36. The first-order chi connectivity index (χ1) is 14.2. The summed E-state index contributed by atoms with van der Waals surface area (Å²) in [6.45, 7) is 7.84. The van der Waals surface area contributed by atoms with Gasteiger partial charge in [-0.2, -0.15) is 5.26 Å². The summed E-state index contributed by atoms with van der Waals surface area (Å²) in [5, 5.41) is 13.4. The fourth-order valence-corrected chi connectivity index (χ4v) is 3.78. The lowest BCUT2D eigenvalue weighted by atomic mass is 10.1. The van der Waals surface area contributed by atoms with E-state index in [0.717, 1.165) is 33.8 Å². The number of benzene rings is 2. The summed E-state index contributed by atoms with van der Waals surface area (Å²) in [6, 6.07) is 14.9. The minimum atomic E-state index is -0.449. The van der Waals surface area contributed by atoms with Crippen molar-refractivity contribution in [1.29, 1.82) is 5.26 Å². The molecule has 30 heavy (non-hydrogen) atoms. The number of aryl methyl sites for hydroxylation is 3. The van der Waals surface area contributed by atoms with Gasteiger partial charge in [0.05, 0.1) is 10.7 Å². The zero-order valence-electron chi connectivity index (χ0n) is 17.2. The van der Waals surface area contributed by atoms with Crippen molar-refractivity contribution in [2.45, 2.75) is 27.7 Å². The summed E-state index contributed by atoms with van der Waals surface area (Å²) in [6.07, 6.45) is 1.60. The van der Waals surface area contributed by atoms with Crippen LogP contribution in [0.4, 0.5) is 5.69 Å². The molecule has 6 heteroatoms. The molecule has 0 saturated heterocycles. The second-order valence-corrected chi connectivity index (χ2v) is 8.02. The largest absolute Gasteiger partial charge is 0.321 e. The molecule has 3 aromatic rings. The second kappa shape index (κ2) is 8.79. The SMILES string of the molecule is Cc1ccc(NC(=O)/C(C#N)=C/c2cc(C)n(-c3ccc(Cl)cc3Cl)c2C)cc1C. The van der Waals surface area contributed by atoms with E-state index in [1.54, 1.807) is 18.2 Å². The zero-order chi connectivity index (χ0) is 22.0. The third kappa shape index (κ3) is 4.43. The molecule has 0 aliphatic heterocycles. The molecule has 1 heterocycles. The lowest BCUT2D eigenvalue weighted by Crippen LogP contribution is -2.13. The van der Waals surface area contributed by atoms with Gasteiger partial charge in [0.2, 0.25) is 0 Å². The van der Waals surface area contributed by atoms with E-state index in [9.17, 15) is 10.1 Å². The van der Waals surface area contributed by atoms with Crippen molar-refractivity contribution in [2.75, 3.05) is 5.32 Å². The van der Waals surface area contributed by atoms with Gasteiger partial charge in [-0.05, 0) is 86.9 Å². The number of carbonyl (C=O) groups is 1. The van der Waals surface area contributed by atoms with Crippen LogP contribution in [0.25, 0.3) is 11.8 Å². The molecule has 0 aliphatic rings. The number of rotatable bonds is 4. The summed E-state index contributed by atoms with van der Waals surface area (Å²) in [4.78, 5) is 12.7. The number of nitrogens with zero attached hydrogens (tertiary/aromatic N) is 2. The highest BCUT2D eigenvalue weighted by molar-refractivity contribution is 6.35. The summed E-state index contributed by atoms with van der Waals surface area (Å²) in [5.74, 6) is -0.449. The van der Waals surface area contributed by atoms with Crippen LogP contribution in [-0.4, -0.2) is 10.5 Å². The van der Waals surface area contributed by atoms with Crippen LogP contribution in [-0.2, 0) is 4.79 Å². The van der Waals surface area contributed by atoms with E-state index in [0.29, 0.717) is 15.7 Å². The van der Waals surface area contributed by atoms with E-state index in [-0.39, 0.29) is 5.57 Å². The summed E-state index contributed by atoms with van der Waals surface area (Å²) in [7, 11) is 0. The molecule has 152 valence electrons. The van der Waals surface area contributed by atoms with Crippen LogP contribution in [0.5, 0.6) is 0 Å². The number of carbonyl (C=O) groups excluding carboxylic acids is 1. The van der Waals surface area contributed by atoms with Crippen LogP contribution < -0.4 is 5.32 Å². The molecule has 0 bridgehead atoms. The molecule has 0 fully saturated rings. The Morgan fingerprint density at radius 1 is 1.03 bits per heavy atom. The summed E-state index contributed by atoms with van der Waals surface area (Å²) in [5.41, 5.74) is 6.23. The van der Waals surface area contributed by atoms with Crippen molar-refractivity contribution in [2.24, 2.45) is 0 Å². The number of hydrogen-bond donors (Lipinski definition) is 1. The molecule has 3 rings (SSSR count). The van der Waals surface area contributed by atoms with E-state index in [1.165, 1.54) is 0 Å². The molecule has 4 nitrogen and oxygen atoms in total. The van der Waals surface area contributed by atoms with Gasteiger partial charge in [-0.3, -0.25) is 4.79 Å². The lowest BCUT2D eigenvalue weighted by Gasteiger charge is -2.12. The standard InChI is InChI=1S/C24H21Cl2N3O/c1-14-5-7-21(9-15(14)2)28-24(30)19(13-27)11-18-10-16(3)29(17(18)4)23-8-6-20(25)12-22(23)26/h5-12H,1-4H3,(H,28,30)/b19-11+. The lowest BCUT2D eigenvalue weighted by molar-refractivity contribution is -0.112. The van der Waals surface area contributed by atoms with Gasteiger partial charge in [-0.1, -0.05) is 29.3 Å². The maximum absolute atomic E-state index is 12.7. The van der Waals surface area contributed by atoms with Gasteiger partial charge in [0.25, 0.3) is 5.91 Å². The molecule has 1 amide bonds. The Morgan fingerprint density at radius 3 is 2.40 bits per heavy atom. The fourth-order valence-electron chi connectivity index (χ4n) is 3.29. The first kappa shape index (κ1) is 21.7. The van der Waals surface area contributed by atoms with Gasteiger partial charge in [-0.15, -0.1) is 0 Å². The fraction of sp³-hybridized carbons (Fsp3) is 0.167. The number of halogens is 2. The maximum Gasteiger partial charge on any atom is 0.266 e. The number of amides is 1. The first-order valence-corrected chi connectivity index (χ1v) is 10.1. The van der Waals surface area contributed by atoms with E-state index in [1.807, 2.05) is 68.7 Å². The molecule has 0 radical (unpaired) electrons. The van der Waals surface area contributed by atoms with Crippen LogP contribution in [0.2, 0.25) is 10.0 Å². The monoisotopic (exact) mass is 437 g/mol. The Balaban J connectivity index is 1.95. The van der Waals surface area contributed by atoms with Gasteiger partial charge in [0.15, 0.2) is 0 Å². The van der Waals surface area contributed by atoms with Gasteiger partial charge in [-0.25, -0.2) is 0 Å². The second-order valence-electron chi connectivity index (χ2n) is 7.18. The number of nitrogens with one attached hydrogen (secondary N) is 1. The van der Waals surface area contributed by atoms with Gasteiger partial charge >= 0.3 is 0 Å². The normalized spacial score (nSPS) is 11.3. The molecular weight excluding hydrogens is 417 g/mol. The zero-order valence-corrected chi connectivity index (χ0v) is 18.7. The average Bonchev–Trinajstić information content (AvgIpc) is 2.96. The Morgan fingerprint density at radius 2 is 1.77 bits per heavy atom. The predicted molar refractivity (Wildman–Crippen MR) is 123 cm³/mol. The molecule has 0 atom stereocenters. The summed E-state index contributed by atoms with van der Waals surface area (Å²) < 4.78 is 1.97. The van der Waals surface area contributed by atoms with Crippen LogP contribution in [0.3, 0.4) is 0 Å². The van der Waals surface area contributed by atoms with Gasteiger partial charge < -0.3 is 9.88 Å². The van der Waals surface area contributed by atoms with E-state index >= 15 is 0 Å². The minimum absolute atomic E-state index is 0.0238. The molecule has 1 N–H and O–H groups in total. The summed E-state index contributed by atoms with van der Waals surface area (Å²) >= 11 is 12.4. The highest BCUT2D eigenvalue weighted by Crippen LogP contribution is 2.29. The Hall–Kier alpha value is -3.00. The molecule has 1 aromatic heterocycles. The van der Waals surface area contributed by atoms with Crippen LogP contribution in [0, 0.1) is 39.0 Å². The predicted octanol–water partition coefficient (Wildman–Crippen LogP) is 6.56. The van der Waals surface area contributed by atoms with Crippen molar-refractivity contribution in [3.63, 3.8) is 0 Å². The number of anilines is 1. The highest BCUT2D eigenvalue weighted by Gasteiger charge is 2.15. The third-order valence-electron chi connectivity index (χ3n) is 5.05. The third-order valence-corrected chi connectivity index (χ3v) is 5.59. The minimum Gasteiger partial charge on any atom is -0.321 e. The Bertz CT molecular complexity index is 1220. The van der Waals surface area contributed by atoms with Crippen molar-refractivity contribution >= 4 is 40.9 Å². The topological polar surface area (TPSA) is 57.8 Å². The maximum atomic E-state index is 12.7. The van der Waals surface area contributed by atoms with E-state index in [2.05, 4.69) is 5.32 Å². The molecule has 0 unspecified atom stereocenters. The molecule has 0 aliphatic carbocycles. The van der Waals surface area contributed by atoms with Crippen molar-refractivity contribution in [3.8, 4) is 11.8 Å². The first-order valence-electron chi connectivity index (χ1n) is 9.36. The smallest absolute Gasteiger partial charge is 0.266 e.